The predicted octanol–water partition coefficient (Wildman–Crippen LogP) is 2.79. The molecule has 38 heavy (non-hydrogen) atoms. The monoisotopic (exact) mass is 520 g/mol. The standard InChI is InChI=1S/C28H36N6O4/c1-28(2,3)13-19(14-29)26(35)34-9-7-33(8-10-34)17-22-23(37-5)11-18(12-24(22)38-6)21-16-32(4)27(36)25(31)20(21)15-30/h11-13,15-16,30H,7-10,17,31H2,1-6H3/b19-13+,30-15?. The van der Waals surface area contributed by atoms with Crippen LogP contribution in [-0.4, -0.2) is 66.9 Å². The molecule has 3 rings (SSSR count). The number of allylic oxidation sites excluding steroid dienone is 1. The highest BCUT2D eigenvalue weighted by Gasteiger charge is 2.26. The van der Waals surface area contributed by atoms with Crippen LogP contribution in [0.2, 0.25) is 0 Å². The summed E-state index contributed by atoms with van der Waals surface area (Å²) in [4.78, 5) is 29.1. The molecule has 0 unspecified atom stereocenters. The highest BCUT2D eigenvalue weighted by molar-refractivity contribution is 5.97. The number of aromatic nitrogens is 1. The fraction of sp³-hybridized carbons (Fsp3) is 0.429. The van der Waals surface area contributed by atoms with Crippen molar-refractivity contribution in [2.45, 2.75) is 27.3 Å². The molecule has 0 saturated carbocycles. The topological polar surface area (TPSA) is 138 Å². The van der Waals surface area contributed by atoms with E-state index in [9.17, 15) is 14.9 Å². The number of aryl methyl sites for hydroxylation is 1. The van der Waals surface area contributed by atoms with Crippen molar-refractivity contribution in [1.82, 2.24) is 14.4 Å². The molecule has 202 valence electrons. The largest absolute Gasteiger partial charge is 0.496 e. The minimum absolute atomic E-state index is 0.00586. The van der Waals surface area contributed by atoms with Gasteiger partial charge in [0.1, 0.15) is 28.8 Å². The number of nitrogens with one attached hydrogen (secondary N) is 1. The molecule has 0 radical (unpaired) electrons. The number of nitrogens with zero attached hydrogens (tertiary/aromatic N) is 4. The number of pyridine rings is 1. The summed E-state index contributed by atoms with van der Waals surface area (Å²) in [6.45, 7) is 8.68. The molecule has 1 fully saturated rings. The lowest BCUT2D eigenvalue weighted by Crippen LogP contribution is -2.48. The first-order valence-corrected chi connectivity index (χ1v) is 12.3. The van der Waals surface area contributed by atoms with Crippen molar-refractivity contribution in [2.24, 2.45) is 12.5 Å². The Morgan fingerprint density at radius 1 is 1.16 bits per heavy atom. The Hall–Kier alpha value is -4.10. The number of methoxy groups -OCH3 is 2. The number of rotatable bonds is 7. The zero-order valence-corrected chi connectivity index (χ0v) is 22.9. The van der Waals surface area contributed by atoms with Crippen LogP contribution < -0.4 is 20.8 Å². The van der Waals surface area contributed by atoms with E-state index in [4.69, 9.17) is 20.6 Å². The van der Waals surface area contributed by atoms with Gasteiger partial charge in [-0.25, -0.2) is 0 Å². The van der Waals surface area contributed by atoms with Crippen molar-refractivity contribution in [1.29, 1.82) is 10.7 Å². The number of nitriles is 1. The van der Waals surface area contributed by atoms with E-state index in [-0.39, 0.29) is 28.1 Å². The molecule has 0 bridgehead atoms. The number of nitrogens with two attached hydrogens (primary N) is 1. The van der Waals surface area contributed by atoms with Crippen LogP contribution in [0.15, 0.2) is 34.8 Å². The fourth-order valence-electron chi connectivity index (χ4n) is 4.53. The van der Waals surface area contributed by atoms with Gasteiger partial charge in [0, 0.05) is 63.3 Å². The summed E-state index contributed by atoms with van der Waals surface area (Å²) in [5, 5.41) is 17.3. The summed E-state index contributed by atoms with van der Waals surface area (Å²) in [5.41, 5.74) is 8.07. The van der Waals surface area contributed by atoms with Crippen LogP contribution in [0.4, 0.5) is 5.69 Å². The first-order chi connectivity index (χ1) is 17.9. The lowest BCUT2D eigenvalue weighted by atomic mass is 9.93. The maximum absolute atomic E-state index is 12.9. The van der Waals surface area contributed by atoms with Crippen molar-refractivity contribution in [3.05, 3.63) is 51.5 Å². The lowest BCUT2D eigenvalue weighted by Gasteiger charge is -2.35. The van der Waals surface area contributed by atoms with Gasteiger partial charge in [-0.3, -0.25) is 14.5 Å². The molecule has 1 aromatic carbocycles. The maximum atomic E-state index is 12.9. The SMILES string of the molecule is COc1cc(-c2cn(C)c(=O)c(N)c2C=N)cc(OC)c1CN1CCN(C(=O)/C(C#N)=C/C(C)(C)C)CC1. The number of hydrogen-bond donors (Lipinski definition) is 2. The van der Waals surface area contributed by atoms with E-state index in [1.165, 1.54) is 4.57 Å². The Labute approximate surface area is 223 Å². The number of piperazine rings is 1. The molecule has 10 nitrogen and oxygen atoms in total. The van der Waals surface area contributed by atoms with Gasteiger partial charge in [-0.2, -0.15) is 5.26 Å². The van der Waals surface area contributed by atoms with Crippen LogP contribution in [0.1, 0.15) is 31.9 Å². The number of carbonyl (C=O) groups excluding carboxylic acids is 1. The first-order valence-electron chi connectivity index (χ1n) is 12.3. The molecule has 10 heteroatoms. The summed E-state index contributed by atoms with van der Waals surface area (Å²) in [6.07, 6.45) is 4.45. The highest BCUT2D eigenvalue weighted by Crippen LogP contribution is 2.37. The van der Waals surface area contributed by atoms with E-state index in [1.54, 1.807) is 38.4 Å². The number of ether oxygens (including phenoxy) is 2. The Morgan fingerprint density at radius 3 is 2.21 bits per heavy atom. The summed E-state index contributed by atoms with van der Waals surface area (Å²) in [5.74, 6) is 0.960. The van der Waals surface area contributed by atoms with Crippen molar-refractivity contribution in [3.63, 3.8) is 0 Å². The molecular formula is C28H36N6O4. The highest BCUT2D eigenvalue weighted by atomic mass is 16.5. The third kappa shape index (κ3) is 6.06. The molecule has 1 aliphatic heterocycles. The van der Waals surface area contributed by atoms with Crippen LogP contribution in [-0.2, 0) is 18.4 Å². The number of carbonyl (C=O) groups is 1. The third-order valence-electron chi connectivity index (χ3n) is 6.49. The summed E-state index contributed by atoms with van der Waals surface area (Å²) in [7, 11) is 4.77. The Kier molecular flexibility index (Phi) is 8.63. The molecule has 0 spiro atoms. The minimum atomic E-state index is -0.365. The van der Waals surface area contributed by atoms with Crippen LogP contribution >= 0.6 is 0 Å². The zero-order chi connectivity index (χ0) is 28.2. The Bertz CT molecular complexity index is 1330. The van der Waals surface area contributed by atoms with Gasteiger partial charge in [-0.1, -0.05) is 26.8 Å². The molecule has 1 aromatic heterocycles. The average Bonchev–Trinajstić information content (AvgIpc) is 2.89. The fourth-order valence-corrected chi connectivity index (χ4v) is 4.53. The number of amides is 1. The number of hydrogen-bond acceptors (Lipinski definition) is 8. The first kappa shape index (κ1) is 28.5. The third-order valence-corrected chi connectivity index (χ3v) is 6.49. The van der Waals surface area contributed by atoms with Crippen LogP contribution in [0.25, 0.3) is 11.1 Å². The molecule has 0 aliphatic carbocycles. The maximum Gasteiger partial charge on any atom is 0.274 e. The van der Waals surface area contributed by atoms with E-state index in [0.29, 0.717) is 60.9 Å². The van der Waals surface area contributed by atoms with Gasteiger partial charge >= 0.3 is 0 Å². The Morgan fingerprint density at radius 2 is 1.74 bits per heavy atom. The van der Waals surface area contributed by atoms with Gasteiger partial charge in [-0.15, -0.1) is 0 Å². The van der Waals surface area contributed by atoms with Gasteiger partial charge in [0.25, 0.3) is 11.5 Å². The normalized spacial score (nSPS) is 14.7. The summed E-state index contributed by atoms with van der Waals surface area (Å²) >= 11 is 0. The molecule has 2 heterocycles. The zero-order valence-electron chi connectivity index (χ0n) is 22.9. The Balaban J connectivity index is 1.86. The molecule has 0 atom stereocenters. The van der Waals surface area contributed by atoms with Gasteiger partial charge in [0.15, 0.2) is 0 Å². The molecule has 3 N–H and O–H groups in total. The summed E-state index contributed by atoms with van der Waals surface area (Å²) < 4.78 is 12.8. The number of benzene rings is 1. The molecule has 1 aliphatic rings. The quantitative estimate of drug-likeness (QED) is 0.325. The van der Waals surface area contributed by atoms with Crippen molar-refractivity contribution >= 4 is 17.8 Å². The lowest BCUT2D eigenvalue weighted by molar-refractivity contribution is -0.128. The number of nitrogen functional groups attached to an aromatic ring is 1. The second-order valence-electron chi connectivity index (χ2n) is 10.4. The van der Waals surface area contributed by atoms with Crippen molar-refractivity contribution < 1.29 is 14.3 Å². The van der Waals surface area contributed by atoms with E-state index in [1.807, 2.05) is 32.9 Å². The molecule has 1 saturated heterocycles. The van der Waals surface area contributed by atoms with Gasteiger partial charge in [0.2, 0.25) is 0 Å². The second-order valence-corrected chi connectivity index (χ2v) is 10.4. The van der Waals surface area contributed by atoms with E-state index >= 15 is 0 Å². The second kappa shape index (κ2) is 11.5. The van der Waals surface area contributed by atoms with Gasteiger partial charge < -0.3 is 30.1 Å². The molecular weight excluding hydrogens is 484 g/mol. The van der Waals surface area contributed by atoms with Crippen molar-refractivity contribution in [2.75, 3.05) is 46.1 Å². The van der Waals surface area contributed by atoms with Gasteiger partial charge in [0.05, 0.1) is 19.8 Å². The summed E-state index contributed by atoms with van der Waals surface area (Å²) in [6, 6.07) is 5.75. The van der Waals surface area contributed by atoms with Crippen LogP contribution in [0, 0.1) is 22.2 Å². The van der Waals surface area contributed by atoms with Gasteiger partial charge in [-0.05, 0) is 23.1 Å². The van der Waals surface area contributed by atoms with Crippen LogP contribution in [0.5, 0.6) is 11.5 Å². The van der Waals surface area contributed by atoms with Crippen LogP contribution in [0.3, 0.4) is 0 Å². The smallest absolute Gasteiger partial charge is 0.274 e. The minimum Gasteiger partial charge on any atom is -0.496 e. The predicted molar refractivity (Wildman–Crippen MR) is 148 cm³/mol. The molecule has 2 aromatic rings. The number of anilines is 1. The van der Waals surface area contributed by atoms with E-state index < -0.39 is 0 Å². The molecule has 1 amide bonds. The van der Waals surface area contributed by atoms with E-state index in [2.05, 4.69) is 11.0 Å². The van der Waals surface area contributed by atoms with Crippen molar-refractivity contribution in [3.8, 4) is 28.7 Å². The average molecular weight is 521 g/mol. The van der Waals surface area contributed by atoms with E-state index in [0.717, 1.165) is 11.8 Å².